The number of carbonyl (C=O) groups excluding carboxylic acids is 1. The topological polar surface area (TPSA) is 44.8 Å². The Morgan fingerprint density at radius 3 is 2.47 bits per heavy atom. The molecule has 0 saturated carbocycles. The fraction of sp³-hybridized carbons (Fsp3) is 0.240. The monoisotopic (exact) mass is 408 g/mol. The summed E-state index contributed by atoms with van der Waals surface area (Å²) in [6, 6.07) is 20.0. The minimum Gasteiger partial charge on any atom is -0.486 e. The highest BCUT2D eigenvalue weighted by Crippen LogP contribution is 2.24. The largest absolute Gasteiger partial charge is 0.486 e. The van der Waals surface area contributed by atoms with E-state index in [0.717, 1.165) is 16.9 Å². The second-order valence-electron chi connectivity index (χ2n) is 6.92. The maximum atomic E-state index is 14.4. The van der Waals surface area contributed by atoms with E-state index in [0.29, 0.717) is 18.8 Å². The van der Waals surface area contributed by atoms with Gasteiger partial charge >= 0.3 is 5.97 Å². The van der Waals surface area contributed by atoms with Gasteiger partial charge in [0.25, 0.3) is 0 Å². The van der Waals surface area contributed by atoms with Crippen LogP contribution >= 0.6 is 0 Å². The zero-order chi connectivity index (χ0) is 21.3. The van der Waals surface area contributed by atoms with Crippen LogP contribution in [-0.2, 0) is 22.6 Å². The molecule has 3 aromatic carbocycles. The number of hydrogen-bond acceptors (Lipinski definition) is 4. The van der Waals surface area contributed by atoms with Crippen LogP contribution in [0.4, 0.5) is 4.39 Å². The molecule has 0 fully saturated rings. The first kappa shape index (κ1) is 21.4. The molecule has 0 spiro atoms. The van der Waals surface area contributed by atoms with E-state index in [2.05, 4.69) is 0 Å². The standard InChI is InChI=1S/C25H25FO4/c1-3-28-25(27)14-10-19-9-13-24(23(26)16-19)29-17-20-5-4-6-22(15-20)30-21-11-7-18(2)8-12-21/h4-9,11-13,15-16H,3,10,14,17H2,1-2H3. The minimum absolute atomic E-state index is 0.166. The Kier molecular flexibility index (Phi) is 7.44. The van der Waals surface area contributed by atoms with Gasteiger partial charge in [-0.05, 0) is 67.8 Å². The van der Waals surface area contributed by atoms with Gasteiger partial charge in [0.15, 0.2) is 11.6 Å². The summed E-state index contributed by atoms with van der Waals surface area (Å²) in [4.78, 5) is 11.4. The zero-order valence-electron chi connectivity index (χ0n) is 17.2. The number of esters is 1. The average molecular weight is 408 g/mol. The van der Waals surface area contributed by atoms with Crippen LogP contribution in [0.5, 0.6) is 17.2 Å². The maximum Gasteiger partial charge on any atom is 0.306 e. The van der Waals surface area contributed by atoms with Crippen molar-refractivity contribution in [1.82, 2.24) is 0 Å². The lowest BCUT2D eigenvalue weighted by atomic mass is 10.1. The van der Waals surface area contributed by atoms with Crippen LogP contribution < -0.4 is 9.47 Å². The summed E-state index contributed by atoms with van der Waals surface area (Å²) in [5, 5.41) is 0. The Labute approximate surface area is 176 Å². The van der Waals surface area contributed by atoms with Crippen LogP contribution in [0.3, 0.4) is 0 Å². The van der Waals surface area contributed by atoms with Gasteiger partial charge in [-0.15, -0.1) is 0 Å². The molecule has 156 valence electrons. The number of benzene rings is 3. The van der Waals surface area contributed by atoms with Gasteiger partial charge in [-0.2, -0.15) is 0 Å². The lowest BCUT2D eigenvalue weighted by molar-refractivity contribution is -0.143. The lowest BCUT2D eigenvalue weighted by Gasteiger charge is -2.11. The molecule has 0 unspecified atom stereocenters. The maximum absolute atomic E-state index is 14.4. The summed E-state index contributed by atoms with van der Waals surface area (Å²) in [6.07, 6.45) is 0.648. The van der Waals surface area contributed by atoms with Crippen molar-refractivity contribution in [2.75, 3.05) is 6.61 Å². The van der Waals surface area contributed by atoms with Crippen LogP contribution in [0, 0.1) is 12.7 Å². The van der Waals surface area contributed by atoms with Crippen molar-refractivity contribution >= 4 is 5.97 Å². The highest BCUT2D eigenvalue weighted by atomic mass is 19.1. The highest BCUT2D eigenvalue weighted by Gasteiger charge is 2.08. The van der Waals surface area contributed by atoms with Crippen LogP contribution in [0.2, 0.25) is 0 Å². The molecule has 3 aromatic rings. The van der Waals surface area contributed by atoms with Gasteiger partial charge in [0.05, 0.1) is 6.61 Å². The van der Waals surface area contributed by atoms with E-state index in [1.54, 1.807) is 19.1 Å². The second kappa shape index (κ2) is 10.4. The van der Waals surface area contributed by atoms with Crippen molar-refractivity contribution < 1.29 is 23.4 Å². The summed E-state index contributed by atoms with van der Waals surface area (Å²) < 4.78 is 30.8. The van der Waals surface area contributed by atoms with Gasteiger partial charge in [-0.3, -0.25) is 4.79 Å². The van der Waals surface area contributed by atoms with Crippen molar-refractivity contribution in [1.29, 1.82) is 0 Å². The summed E-state index contributed by atoms with van der Waals surface area (Å²) in [6.45, 7) is 4.34. The third-order valence-electron chi connectivity index (χ3n) is 4.47. The summed E-state index contributed by atoms with van der Waals surface area (Å²) in [5.74, 6) is 0.868. The summed E-state index contributed by atoms with van der Waals surface area (Å²) in [5.41, 5.74) is 2.75. The Morgan fingerprint density at radius 1 is 0.933 bits per heavy atom. The average Bonchev–Trinajstić information content (AvgIpc) is 2.74. The molecule has 0 aliphatic rings. The van der Waals surface area contributed by atoms with Gasteiger partial charge in [-0.1, -0.05) is 35.9 Å². The van der Waals surface area contributed by atoms with E-state index in [-0.39, 0.29) is 24.7 Å². The number of carbonyl (C=O) groups is 1. The SMILES string of the molecule is CCOC(=O)CCc1ccc(OCc2cccc(Oc3ccc(C)cc3)c2)c(F)c1. The Morgan fingerprint density at radius 2 is 1.73 bits per heavy atom. The minimum atomic E-state index is -0.455. The highest BCUT2D eigenvalue weighted by molar-refractivity contribution is 5.69. The van der Waals surface area contributed by atoms with Gasteiger partial charge in [0.2, 0.25) is 0 Å². The van der Waals surface area contributed by atoms with E-state index in [1.165, 1.54) is 11.6 Å². The van der Waals surface area contributed by atoms with E-state index in [9.17, 15) is 9.18 Å². The van der Waals surface area contributed by atoms with Crippen molar-refractivity contribution in [3.8, 4) is 17.2 Å². The predicted octanol–water partition coefficient (Wildman–Crippen LogP) is 6.00. The molecule has 3 rings (SSSR count). The van der Waals surface area contributed by atoms with Crippen LogP contribution in [-0.4, -0.2) is 12.6 Å². The molecule has 0 aromatic heterocycles. The molecule has 30 heavy (non-hydrogen) atoms. The Balaban J connectivity index is 1.57. The number of ether oxygens (including phenoxy) is 3. The molecule has 0 atom stereocenters. The quantitative estimate of drug-likeness (QED) is 0.407. The number of hydrogen-bond donors (Lipinski definition) is 0. The van der Waals surface area contributed by atoms with Crippen molar-refractivity contribution in [2.45, 2.75) is 33.3 Å². The summed E-state index contributed by atoms with van der Waals surface area (Å²) in [7, 11) is 0. The first-order valence-corrected chi connectivity index (χ1v) is 9.94. The summed E-state index contributed by atoms with van der Waals surface area (Å²) >= 11 is 0. The van der Waals surface area contributed by atoms with E-state index in [4.69, 9.17) is 14.2 Å². The third-order valence-corrected chi connectivity index (χ3v) is 4.47. The zero-order valence-corrected chi connectivity index (χ0v) is 17.2. The number of rotatable bonds is 9. The molecule has 4 nitrogen and oxygen atoms in total. The molecule has 0 bridgehead atoms. The number of halogens is 1. The molecular weight excluding hydrogens is 383 g/mol. The van der Waals surface area contributed by atoms with Crippen molar-refractivity contribution in [3.63, 3.8) is 0 Å². The molecule has 0 aliphatic carbocycles. The van der Waals surface area contributed by atoms with Gasteiger partial charge in [0, 0.05) is 6.42 Å². The fourth-order valence-electron chi connectivity index (χ4n) is 2.90. The Hall–Kier alpha value is -3.34. The van der Waals surface area contributed by atoms with E-state index < -0.39 is 5.82 Å². The first-order chi connectivity index (χ1) is 14.5. The molecule has 5 heteroatoms. The number of aryl methyl sites for hydroxylation is 2. The molecule has 0 radical (unpaired) electrons. The van der Waals surface area contributed by atoms with Crippen LogP contribution in [0.25, 0.3) is 0 Å². The van der Waals surface area contributed by atoms with E-state index >= 15 is 0 Å². The van der Waals surface area contributed by atoms with E-state index in [1.807, 2.05) is 55.5 Å². The molecule has 0 heterocycles. The second-order valence-corrected chi connectivity index (χ2v) is 6.92. The smallest absolute Gasteiger partial charge is 0.306 e. The molecule has 0 N–H and O–H groups in total. The normalized spacial score (nSPS) is 10.5. The van der Waals surface area contributed by atoms with Crippen LogP contribution in [0.1, 0.15) is 30.0 Å². The third kappa shape index (κ3) is 6.34. The van der Waals surface area contributed by atoms with Crippen molar-refractivity contribution in [3.05, 3.63) is 89.2 Å². The fourth-order valence-corrected chi connectivity index (χ4v) is 2.90. The van der Waals surface area contributed by atoms with Gasteiger partial charge in [-0.25, -0.2) is 4.39 Å². The predicted molar refractivity (Wildman–Crippen MR) is 113 cm³/mol. The van der Waals surface area contributed by atoms with Gasteiger partial charge < -0.3 is 14.2 Å². The van der Waals surface area contributed by atoms with Gasteiger partial charge in [0.1, 0.15) is 18.1 Å². The molecule has 0 aliphatic heterocycles. The Bertz CT molecular complexity index is 983. The molecular formula is C25H25FO4. The molecule has 0 amide bonds. The van der Waals surface area contributed by atoms with Crippen molar-refractivity contribution in [2.24, 2.45) is 0 Å². The first-order valence-electron chi connectivity index (χ1n) is 9.94. The molecule has 0 saturated heterocycles. The lowest BCUT2D eigenvalue weighted by Crippen LogP contribution is -2.05. The van der Waals surface area contributed by atoms with Crippen LogP contribution in [0.15, 0.2) is 66.7 Å².